The fourth-order valence-electron chi connectivity index (χ4n) is 2.04. The van der Waals surface area contributed by atoms with Crippen molar-refractivity contribution < 1.29 is 9.18 Å². The van der Waals surface area contributed by atoms with E-state index in [1.165, 1.54) is 10.7 Å². The molecule has 5 nitrogen and oxygen atoms in total. The highest BCUT2D eigenvalue weighted by atomic mass is 35.5. The summed E-state index contributed by atoms with van der Waals surface area (Å²) in [7, 11) is 0. The van der Waals surface area contributed by atoms with Crippen molar-refractivity contribution in [2.45, 2.75) is 0 Å². The van der Waals surface area contributed by atoms with E-state index in [1.54, 1.807) is 30.5 Å². The lowest BCUT2D eigenvalue weighted by Gasteiger charge is -2.26. The summed E-state index contributed by atoms with van der Waals surface area (Å²) < 4.78 is 15.0. The molecular formula is C14H16ClFN4O. The van der Waals surface area contributed by atoms with Crippen LogP contribution in [-0.4, -0.2) is 35.3 Å². The van der Waals surface area contributed by atoms with Gasteiger partial charge in [0.05, 0.1) is 0 Å². The average molecular weight is 311 g/mol. The molecule has 0 bridgehead atoms. The number of aromatic nitrogens is 2. The summed E-state index contributed by atoms with van der Waals surface area (Å²) in [5, 5.41) is 10.1. The molecule has 2 N–H and O–H groups in total. The number of hydrogen-bond acceptors (Lipinski definition) is 3. The van der Waals surface area contributed by atoms with Gasteiger partial charge in [-0.05, 0) is 18.2 Å². The average Bonchev–Trinajstić information content (AvgIpc) is 2.87. The standard InChI is InChI=1S/C14H15FN4O.ClH/c15-11-3-1-2-4-13(11)19-6-5-12(18-19)14(20)17-9-10-7-16-8-10;/h1-6,10,16H,7-9H2,(H,17,20);1H. The first-order chi connectivity index (χ1) is 9.74. The van der Waals surface area contributed by atoms with Gasteiger partial charge in [-0.3, -0.25) is 4.79 Å². The van der Waals surface area contributed by atoms with Crippen LogP contribution in [0.2, 0.25) is 0 Å². The van der Waals surface area contributed by atoms with E-state index in [2.05, 4.69) is 15.7 Å². The Morgan fingerprint density at radius 3 is 2.81 bits per heavy atom. The van der Waals surface area contributed by atoms with Gasteiger partial charge in [0.15, 0.2) is 5.69 Å². The zero-order chi connectivity index (χ0) is 13.9. The number of carbonyl (C=O) groups excluding carboxylic acids is 1. The topological polar surface area (TPSA) is 59.0 Å². The summed E-state index contributed by atoms with van der Waals surface area (Å²) in [6, 6.07) is 7.90. The third-order valence-corrected chi connectivity index (χ3v) is 3.34. The molecule has 21 heavy (non-hydrogen) atoms. The molecule has 0 spiro atoms. The van der Waals surface area contributed by atoms with Gasteiger partial charge < -0.3 is 10.6 Å². The molecule has 0 atom stereocenters. The summed E-state index contributed by atoms with van der Waals surface area (Å²) in [5.74, 6) is -0.109. The summed E-state index contributed by atoms with van der Waals surface area (Å²) in [6.45, 7) is 2.51. The molecule has 1 aromatic carbocycles. The third kappa shape index (κ3) is 3.40. The van der Waals surface area contributed by atoms with E-state index in [1.807, 2.05) is 0 Å². The van der Waals surface area contributed by atoms with Crippen molar-refractivity contribution in [1.29, 1.82) is 0 Å². The van der Waals surface area contributed by atoms with Gasteiger partial charge in [-0.1, -0.05) is 12.1 Å². The van der Waals surface area contributed by atoms with E-state index in [0.29, 0.717) is 23.8 Å². The number of amides is 1. The molecule has 1 fully saturated rings. The minimum atomic E-state index is -0.372. The normalized spacial score (nSPS) is 14.1. The zero-order valence-electron chi connectivity index (χ0n) is 11.3. The van der Waals surface area contributed by atoms with Gasteiger partial charge in [0.2, 0.25) is 0 Å². The van der Waals surface area contributed by atoms with Crippen LogP contribution in [0.25, 0.3) is 5.69 Å². The number of nitrogens with zero attached hydrogens (tertiary/aromatic N) is 2. The molecule has 7 heteroatoms. The SMILES string of the molecule is Cl.O=C(NCC1CNC1)c1ccn(-c2ccccc2F)n1. The van der Waals surface area contributed by atoms with Crippen LogP contribution < -0.4 is 10.6 Å². The van der Waals surface area contributed by atoms with Gasteiger partial charge in [0.25, 0.3) is 5.91 Å². The lowest BCUT2D eigenvalue weighted by molar-refractivity contribution is 0.0936. The van der Waals surface area contributed by atoms with Crippen molar-refractivity contribution in [1.82, 2.24) is 20.4 Å². The lowest BCUT2D eigenvalue weighted by Crippen LogP contribution is -2.48. The van der Waals surface area contributed by atoms with Gasteiger partial charge in [-0.15, -0.1) is 12.4 Å². The molecule has 0 saturated carbocycles. The minimum Gasteiger partial charge on any atom is -0.350 e. The van der Waals surface area contributed by atoms with Crippen molar-refractivity contribution >= 4 is 18.3 Å². The second kappa shape index (κ2) is 6.69. The van der Waals surface area contributed by atoms with Crippen LogP contribution in [0.5, 0.6) is 0 Å². The number of hydrogen-bond donors (Lipinski definition) is 2. The molecule has 2 heterocycles. The number of nitrogens with one attached hydrogen (secondary N) is 2. The van der Waals surface area contributed by atoms with Crippen LogP contribution in [0.1, 0.15) is 10.5 Å². The maximum atomic E-state index is 13.6. The molecule has 2 aromatic rings. The predicted octanol–water partition coefficient (Wildman–Crippen LogP) is 1.38. The first-order valence-corrected chi connectivity index (χ1v) is 6.53. The highest BCUT2D eigenvalue weighted by Gasteiger charge is 2.18. The molecule has 1 aliphatic rings. The number of halogens is 2. The Morgan fingerprint density at radius 1 is 1.38 bits per heavy atom. The number of rotatable bonds is 4. The summed E-state index contributed by atoms with van der Waals surface area (Å²) in [6.07, 6.45) is 1.58. The van der Waals surface area contributed by atoms with Crippen LogP contribution >= 0.6 is 12.4 Å². The number of benzene rings is 1. The Labute approximate surface area is 127 Å². The highest BCUT2D eigenvalue weighted by Crippen LogP contribution is 2.12. The largest absolute Gasteiger partial charge is 0.350 e. The lowest BCUT2D eigenvalue weighted by atomic mass is 10.0. The Balaban J connectivity index is 0.00000161. The molecule has 1 saturated heterocycles. The molecule has 1 aliphatic heterocycles. The molecule has 0 unspecified atom stereocenters. The Morgan fingerprint density at radius 2 is 2.14 bits per heavy atom. The highest BCUT2D eigenvalue weighted by molar-refractivity contribution is 5.92. The molecule has 3 rings (SSSR count). The van der Waals surface area contributed by atoms with E-state index in [-0.39, 0.29) is 24.1 Å². The van der Waals surface area contributed by atoms with Crippen molar-refractivity contribution in [2.75, 3.05) is 19.6 Å². The first-order valence-electron chi connectivity index (χ1n) is 6.53. The van der Waals surface area contributed by atoms with E-state index in [4.69, 9.17) is 0 Å². The summed E-state index contributed by atoms with van der Waals surface area (Å²) >= 11 is 0. The molecular weight excluding hydrogens is 295 g/mol. The Hall–Kier alpha value is -1.92. The minimum absolute atomic E-state index is 0. The van der Waals surface area contributed by atoms with Crippen molar-refractivity contribution in [3.05, 3.63) is 48.0 Å². The van der Waals surface area contributed by atoms with Crippen LogP contribution in [0.4, 0.5) is 4.39 Å². The molecule has 112 valence electrons. The maximum Gasteiger partial charge on any atom is 0.271 e. The first kappa shape index (κ1) is 15.5. The predicted molar refractivity (Wildman–Crippen MR) is 79.5 cm³/mol. The van der Waals surface area contributed by atoms with Gasteiger partial charge >= 0.3 is 0 Å². The third-order valence-electron chi connectivity index (χ3n) is 3.34. The van der Waals surface area contributed by atoms with Gasteiger partial charge in [0, 0.05) is 31.7 Å². The monoisotopic (exact) mass is 310 g/mol. The zero-order valence-corrected chi connectivity index (χ0v) is 12.1. The second-order valence-electron chi connectivity index (χ2n) is 4.83. The van der Waals surface area contributed by atoms with E-state index in [9.17, 15) is 9.18 Å². The quantitative estimate of drug-likeness (QED) is 0.897. The van der Waals surface area contributed by atoms with Crippen LogP contribution in [-0.2, 0) is 0 Å². The summed E-state index contributed by atoms with van der Waals surface area (Å²) in [5.41, 5.74) is 0.621. The Bertz CT molecular complexity index is 627. The van der Waals surface area contributed by atoms with Gasteiger partial charge in [-0.25, -0.2) is 9.07 Å². The number of para-hydroxylation sites is 1. The van der Waals surface area contributed by atoms with Crippen LogP contribution in [0.3, 0.4) is 0 Å². The van der Waals surface area contributed by atoms with E-state index < -0.39 is 0 Å². The maximum absolute atomic E-state index is 13.6. The molecule has 1 amide bonds. The van der Waals surface area contributed by atoms with Crippen molar-refractivity contribution in [3.8, 4) is 5.69 Å². The van der Waals surface area contributed by atoms with Gasteiger partial charge in [-0.2, -0.15) is 5.10 Å². The van der Waals surface area contributed by atoms with Crippen LogP contribution in [0, 0.1) is 11.7 Å². The fraction of sp³-hybridized carbons (Fsp3) is 0.286. The number of carbonyl (C=O) groups is 1. The van der Waals surface area contributed by atoms with Crippen molar-refractivity contribution in [2.24, 2.45) is 5.92 Å². The summed E-state index contributed by atoms with van der Waals surface area (Å²) in [4.78, 5) is 11.9. The van der Waals surface area contributed by atoms with E-state index in [0.717, 1.165) is 13.1 Å². The van der Waals surface area contributed by atoms with Gasteiger partial charge in [0.1, 0.15) is 11.5 Å². The molecule has 0 radical (unpaired) electrons. The molecule has 0 aliphatic carbocycles. The van der Waals surface area contributed by atoms with Crippen LogP contribution in [0.15, 0.2) is 36.5 Å². The Kier molecular flexibility index (Phi) is 4.93. The molecule has 1 aromatic heterocycles. The van der Waals surface area contributed by atoms with E-state index >= 15 is 0 Å². The van der Waals surface area contributed by atoms with Crippen molar-refractivity contribution in [3.63, 3.8) is 0 Å². The smallest absolute Gasteiger partial charge is 0.271 e. The fourth-order valence-corrected chi connectivity index (χ4v) is 2.04. The second-order valence-corrected chi connectivity index (χ2v) is 4.83.